The molecular formula is C14H20N4O. The third-order valence-corrected chi connectivity index (χ3v) is 2.89. The van der Waals surface area contributed by atoms with Crippen LogP contribution in [0, 0.1) is 11.3 Å². The molecule has 1 aromatic carbocycles. The molecule has 0 fully saturated rings. The standard InChI is InChI=1S/C14H20N4O/c1-2-3-8-18(10-14(17)19)12-4-5-13(16)11(9-12)6-7-15/h4-5,9H,2-3,6,8,10,16H2,1H3,(H2,17,19). The van der Waals surface area contributed by atoms with Gasteiger partial charge in [-0.1, -0.05) is 13.3 Å². The average Bonchev–Trinajstić information content (AvgIpc) is 2.37. The number of nitrogen functional groups attached to an aromatic ring is 1. The van der Waals surface area contributed by atoms with Crippen molar-refractivity contribution in [1.29, 1.82) is 5.26 Å². The molecule has 0 unspecified atom stereocenters. The number of benzene rings is 1. The number of nitrogens with zero attached hydrogens (tertiary/aromatic N) is 2. The summed E-state index contributed by atoms with van der Waals surface area (Å²) in [6.45, 7) is 3.03. The molecule has 4 N–H and O–H groups in total. The van der Waals surface area contributed by atoms with Crippen molar-refractivity contribution in [2.45, 2.75) is 26.2 Å². The number of carbonyl (C=O) groups is 1. The minimum atomic E-state index is -0.366. The summed E-state index contributed by atoms with van der Waals surface area (Å²) >= 11 is 0. The molecule has 0 saturated heterocycles. The Kier molecular flexibility index (Phi) is 5.68. The highest BCUT2D eigenvalue weighted by Gasteiger charge is 2.11. The Morgan fingerprint density at radius 3 is 2.79 bits per heavy atom. The van der Waals surface area contributed by atoms with E-state index in [9.17, 15) is 4.79 Å². The number of unbranched alkanes of at least 4 members (excludes halogenated alkanes) is 1. The number of amides is 1. The van der Waals surface area contributed by atoms with Gasteiger partial charge >= 0.3 is 0 Å². The van der Waals surface area contributed by atoms with Crippen molar-refractivity contribution in [2.75, 3.05) is 23.7 Å². The van der Waals surface area contributed by atoms with Gasteiger partial charge in [0, 0.05) is 17.9 Å². The molecule has 5 nitrogen and oxygen atoms in total. The second-order valence-electron chi connectivity index (χ2n) is 4.46. The summed E-state index contributed by atoms with van der Waals surface area (Å²) in [5.74, 6) is -0.366. The highest BCUT2D eigenvalue weighted by molar-refractivity contribution is 5.79. The first-order valence-electron chi connectivity index (χ1n) is 6.37. The minimum absolute atomic E-state index is 0.176. The molecular weight excluding hydrogens is 240 g/mol. The van der Waals surface area contributed by atoms with E-state index in [-0.39, 0.29) is 18.9 Å². The molecule has 1 aromatic rings. The van der Waals surface area contributed by atoms with E-state index >= 15 is 0 Å². The maximum Gasteiger partial charge on any atom is 0.236 e. The van der Waals surface area contributed by atoms with Gasteiger partial charge in [-0.25, -0.2) is 0 Å². The van der Waals surface area contributed by atoms with Gasteiger partial charge in [-0.3, -0.25) is 4.79 Å². The van der Waals surface area contributed by atoms with Crippen molar-refractivity contribution in [1.82, 2.24) is 0 Å². The lowest BCUT2D eigenvalue weighted by molar-refractivity contribution is -0.116. The van der Waals surface area contributed by atoms with Gasteiger partial charge in [0.2, 0.25) is 5.91 Å². The summed E-state index contributed by atoms with van der Waals surface area (Å²) in [6.07, 6.45) is 2.28. The normalized spacial score (nSPS) is 9.89. The Labute approximate surface area is 113 Å². The number of hydrogen-bond donors (Lipinski definition) is 2. The summed E-state index contributed by atoms with van der Waals surface area (Å²) in [7, 11) is 0. The van der Waals surface area contributed by atoms with Gasteiger partial charge in [0.1, 0.15) is 0 Å². The number of hydrogen-bond acceptors (Lipinski definition) is 4. The molecule has 0 atom stereocenters. The van der Waals surface area contributed by atoms with E-state index in [1.165, 1.54) is 0 Å². The van der Waals surface area contributed by atoms with Gasteiger partial charge in [-0.05, 0) is 30.2 Å². The molecule has 0 aliphatic rings. The van der Waals surface area contributed by atoms with Gasteiger partial charge in [-0.15, -0.1) is 0 Å². The highest BCUT2D eigenvalue weighted by Crippen LogP contribution is 2.22. The van der Waals surface area contributed by atoms with Crippen molar-refractivity contribution in [3.8, 4) is 6.07 Å². The molecule has 0 aliphatic heterocycles. The zero-order valence-electron chi connectivity index (χ0n) is 11.2. The summed E-state index contributed by atoms with van der Waals surface area (Å²) in [6, 6.07) is 7.56. The van der Waals surface area contributed by atoms with Crippen LogP contribution in [0.4, 0.5) is 11.4 Å². The number of anilines is 2. The van der Waals surface area contributed by atoms with E-state index in [1.54, 1.807) is 6.07 Å². The first-order chi connectivity index (χ1) is 9.08. The van der Waals surface area contributed by atoms with Crippen LogP contribution in [0.15, 0.2) is 18.2 Å². The highest BCUT2D eigenvalue weighted by atomic mass is 16.1. The fourth-order valence-electron chi connectivity index (χ4n) is 1.86. The Hall–Kier alpha value is -2.22. The van der Waals surface area contributed by atoms with Gasteiger partial charge in [0.25, 0.3) is 0 Å². The van der Waals surface area contributed by atoms with Crippen molar-refractivity contribution in [3.63, 3.8) is 0 Å². The molecule has 0 radical (unpaired) electrons. The lowest BCUT2D eigenvalue weighted by Gasteiger charge is -2.24. The van der Waals surface area contributed by atoms with Crippen LogP contribution < -0.4 is 16.4 Å². The zero-order chi connectivity index (χ0) is 14.3. The zero-order valence-corrected chi connectivity index (χ0v) is 11.2. The van der Waals surface area contributed by atoms with E-state index in [4.69, 9.17) is 16.7 Å². The van der Waals surface area contributed by atoms with Crippen molar-refractivity contribution < 1.29 is 4.79 Å². The Bertz CT molecular complexity index is 479. The molecule has 1 rings (SSSR count). The van der Waals surface area contributed by atoms with Crippen LogP contribution in [0.25, 0.3) is 0 Å². The Morgan fingerprint density at radius 1 is 1.47 bits per heavy atom. The molecule has 0 bridgehead atoms. The van der Waals surface area contributed by atoms with Crippen LogP contribution in [-0.2, 0) is 11.2 Å². The Morgan fingerprint density at radius 2 is 2.21 bits per heavy atom. The maximum atomic E-state index is 11.1. The average molecular weight is 260 g/mol. The van der Waals surface area contributed by atoms with Crippen molar-refractivity contribution >= 4 is 17.3 Å². The van der Waals surface area contributed by atoms with Crippen molar-refractivity contribution in [2.24, 2.45) is 5.73 Å². The second-order valence-corrected chi connectivity index (χ2v) is 4.46. The predicted molar refractivity (Wildman–Crippen MR) is 76.5 cm³/mol. The summed E-state index contributed by atoms with van der Waals surface area (Å²) < 4.78 is 0. The third-order valence-electron chi connectivity index (χ3n) is 2.89. The Balaban J connectivity index is 2.97. The van der Waals surface area contributed by atoms with Crippen LogP contribution in [0.1, 0.15) is 25.3 Å². The largest absolute Gasteiger partial charge is 0.398 e. The summed E-state index contributed by atoms with van der Waals surface area (Å²) in [5.41, 5.74) is 13.3. The third kappa shape index (κ3) is 4.51. The first kappa shape index (κ1) is 14.8. The van der Waals surface area contributed by atoms with Crippen LogP contribution in [-0.4, -0.2) is 19.0 Å². The molecule has 102 valence electrons. The van der Waals surface area contributed by atoms with E-state index in [2.05, 4.69) is 13.0 Å². The number of nitrogens with two attached hydrogens (primary N) is 2. The van der Waals surface area contributed by atoms with Gasteiger partial charge in [0.15, 0.2) is 0 Å². The fourth-order valence-corrected chi connectivity index (χ4v) is 1.86. The predicted octanol–water partition coefficient (Wildman–Crippen LogP) is 1.43. The van der Waals surface area contributed by atoms with Gasteiger partial charge in [-0.2, -0.15) is 5.26 Å². The number of carbonyl (C=O) groups excluding carboxylic acids is 1. The van der Waals surface area contributed by atoms with Gasteiger partial charge < -0.3 is 16.4 Å². The van der Waals surface area contributed by atoms with E-state index < -0.39 is 0 Å². The van der Waals surface area contributed by atoms with E-state index in [1.807, 2.05) is 17.0 Å². The number of primary amides is 1. The monoisotopic (exact) mass is 260 g/mol. The fraction of sp³-hybridized carbons (Fsp3) is 0.429. The molecule has 19 heavy (non-hydrogen) atoms. The summed E-state index contributed by atoms with van der Waals surface area (Å²) in [5, 5.41) is 8.77. The van der Waals surface area contributed by atoms with Crippen molar-refractivity contribution in [3.05, 3.63) is 23.8 Å². The summed E-state index contributed by atoms with van der Waals surface area (Å²) in [4.78, 5) is 13.1. The van der Waals surface area contributed by atoms with Crippen LogP contribution in [0.5, 0.6) is 0 Å². The molecule has 0 aromatic heterocycles. The van der Waals surface area contributed by atoms with E-state index in [0.29, 0.717) is 5.69 Å². The van der Waals surface area contributed by atoms with Crippen LogP contribution in [0.2, 0.25) is 0 Å². The maximum absolute atomic E-state index is 11.1. The van der Waals surface area contributed by atoms with Crippen LogP contribution >= 0.6 is 0 Å². The molecule has 5 heteroatoms. The lowest BCUT2D eigenvalue weighted by Crippen LogP contribution is -2.34. The second kappa shape index (κ2) is 7.27. The quantitative estimate of drug-likeness (QED) is 0.725. The SMILES string of the molecule is CCCCN(CC(N)=O)c1ccc(N)c(CC#N)c1. The van der Waals surface area contributed by atoms with E-state index in [0.717, 1.165) is 30.6 Å². The van der Waals surface area contributed by atoms with Gasteiger partial charge in [0.05, 0.1) is 19.0 Å². The minimum Gasteiger partial charge on any atom is -0.398 e. The number of nitriles is 1. The molecule has 0 heterocycles. The number of rotatable bonds is 7. The first-order valence-corrected chi connectivity index (χ1v) is 6.37. The molecule has 0 saturated carbocycles. The molecule has 1 amide bonds. The smallest absolute Gasteiger partial charge is 0.236 e. The van der Waals surface area contributed by atoms with Crippen LogP contribution in [0.3, 0.4) is 0 Å². The topological polar surface area (TPSA) is 96.1 Å². The molecule has 0 aliphatic carbocycles. The lowest BCUT2D eigenvalue weighted by atomic mass is 10.1. The molecule has 0 spiro atoms.